The first-order valence-corrected chi connectivity index (χ1v) is 5.48. The predicted molar refractivity (Wildman–Crippen MR) is 67.1 cm³/mol. The van der Waals surface area contributed by atoms with E-state index in [1.807, 2.05) is 6.92 Å². The van der Waals surface area contributed by atoms with Crippen LogP contribution >= 0.6 is 0 Å². The lowest BCUT2D eigenvalue weighted by molar-refractivity contribution is 0.101. The molecule has 0 saturated heterocycles. The quantitative estimate of drug-likeness (QED) is 0.551. The zero-order valence-corrected chi connectivity index (χ0v) is 10.1. The number of aromatic amines is 1. The van der Waals surface area contributed by atoms with Crippen LogP contribution in [0.5, 0.6) is 0 Å². The number of aromatic nitrogens is 4. The predicted octanol–water partition coefficient (Wildman–Crippen LogP) is 1.16. The highest BCUT2D eigenvalue weighted by atomic mass is 16.1. The Kier molecular flexibility index (Phi) is 3.22. The Morgan fingerprint density at radius 2 is 2.28 bits per heavy atom. The topological polar surface area (TPSA) is 110 Å². The normalized spacial score (nSPS) is 12.1. The van der Waals surface area contributed by atoms with Gasteiger partial charge in [0.15, 0.2) is 11.6 Å². The van der Waals surface area contributed by atoms with E-state index in [2.05, 4.69) is 25.9 Å². The lowest BCUT2D eigenvalue weighted by atomic mass is 10.1. The standard InChI is InChI=1S/C11H14N6O/c1-6(11-14-16-17-15-11)13-8-3-4-10(12)9(5-8)7(2)18/h3-6,13H,12H2,1-2H3,(H,14,15,16,17). The number of tetrazole rings is 1. The molecule has 94 valence electrons. The number of nitrogens with two attached hydrogens (primary N) is 1. The second-order valence-corrected chi connectivity index (χ2v) is 3.99. The number of nitrogens with zero attached hydrogens (tertiary/aromatic N) is 3. The maximum Gasteiger partial charge on any atom is 0.196 e. The third kappa shape index (κ3) is 2.45. The number of carbonyl (C=O) groups excluding carboxylic acids is 1. The van der Waals surface area contributed by atoms with Crippen molar-refractivity contribution in [2.75, 3.05) is 11.1 Å². The number of anilines is 2. The number of carbonyl (C=O) groups is 1. The van der Waals surface area contributed by atoms with Gasteiger partial charge in [0.2, 0.25) is 0 Å². The van der Waals surface area contributed by atoms with Gasteiger partial charge in [-0.15, -0.1) is 10.2 Å². The molecule has 1 unspecified atom stereocenters. The molecule has 2 aromatic rings. The van der Waals surface area contributed by atoms with Crippen molar-refractivity contribution < 1.29 is 4.79 Å². The number of hydrogen-bond acceptors (Lipinski definition) is 6. The minimum absolute atomic E-state index is 0.0663. The molecule has 7 heteroatoms. The summed E-state index contributed by atoms with van der Waals surface area (Å²) in [7, 11) is 0. The van der Waals surface area contributed by atoms with Crippen LogP contribution in [0.2, 0.25) is 0 Å². The molecule has 0 aliphatic rings. The molecule has 0 spiro atoms. The van der Waals surface area contributed by atoms with Crippen LogP contribution in [0.25, 0.3) is 0 Å². The van der Waals surface area contributed by atoms with Crippen molar-refractivity contribution in [1.82, 2.24) is 20.6 Å². The molecular formula is C11H14N6O. The second kappa shape index (κ2) is 4.82. The highest BCUT2D eigenvalue weighted by Crippen LogP contribution is 2.21. The Morgan fingerprint density at radius 1 is 1.50 bits per heavy atom. The number of ketones is 1. The smallest absolute Gasteiger partial charge is 0.196 e. The van der Waals surface area contributed by atoms with E-state index in [0.717, 1.165) is 5.69 Å². The molecule has 1 aromatic carbocycles. The SMILES string of the molecule is CC(=O)c1cc(NC(C)c2nn[nH]n2)ccc1N. The van der Waals surface area contributed by atoms with Crippen molar-refractivity contribution in [3.8, 4) is 0 Å². The van der Waals surface area contributed by atoms with Crippen molar-refractivity contribution >= 4 is 17.2 Å². The fourth-order valence-corrected chi connectivity index (χ4v) is 1.62. The van der Waals surface area contributed by atoms with Crippen LogP contribution in [-0.4, -0.2) is 26.4 Å². The van der Waals surface area contributed by atoms with E-state index in [9.17, 15) is 4.79 Å². The van der Waals surface area contributed by atoms with Gasteiger partial charge in [-0.3, -0.25) is 4.79 Å². The zero-order valence-electron chi connectivity index (χ0n) is 10.1. The van der Waals surface area contributed by atoms with E-state index in [4.69, 9.17) is 5.73 Å². The molecule has 7 nitrogen and oxygen atoms in total. The summed E-state index contributed by atoms with van der Waals surface area (Å²) >= 11 is 0. The van der Waals surface area contributed by atoms with E-state index in [0.29, 0.717) is 17.1 Å². The maximum atomic E-state index is 11.4. The van der Waals surface area contributed by atoms with Gasteiger partial charge in [0.25, 0.3) is 0 Å². The lowest BCUT2D eigenvalue weighted by Gasteiger charge is -2.13. The van der Waals surface area contributed by atoms with Crippen LogP contribution in [0.1, 0.15) is 36.1 Å². The van der Waals surface area contributed by atoms with Crippen LogP contribution in [0.4, 0.5) is 11.4 Å². The molecule has 0 fully saturated rings. The largest absolute Gasteiger partial charge is 0.398 e. The van der Waals surface area contributed by atoms with Gasteiger partial charge < -0.3 is 11.1 Å². The maximum absolute atomic E-state index is 11.4. The van der Waals surface area contributed by atoms with E-state index in [1.54, 1.807) is 18.2 Å². The van der Waals surface area contributed by atoms with Gasteiger partial charge in [-0.25, -0.2) is 0 Å². The van der Waals surface area contributed by atoms with Crippen molar-refractivity contribution in [1.29, 1.82) is 0 Å². The van der Waals surface area contributed by atoms with Gasteiger partial charge in [0, 0.05) is 16.9 Å². The minimum atomic E-state index is -0.118. The van der Waals surface area contributed by atoms with Crippen LogP contribution in [0, 0.1) is 0 Å². The van der Waals surface area contributed by atoms with E-state index in [-0.39, 0.29) is 11.8 Å². The van der Waals surface area contributed by atoms with Gasteiger partial charge in [-0.2, -0.15) is 5.21 Å². The summed E-state index contributed by atoms with van der Waals surface area (Å²) in [5, 5.41) is 16.8. The van der Waals surface area contributed by atoms with E-state index < -0.39 is 0 Å². The first kappa shape index (κ1) is 12.0. The molecule has 0 amide bonds. The molecule has 0 saturated carbocycles. The highest BCUT2D eigenvalue weighted by molar-refractivity contribution is 6.00. The molecule has 0 bridgehead atoms. The number of H-pyrrole nitrogens is 1. The molecule has 1 aromatic heterocycles. The Bertz CT molecular complexity index is 551. The highest BCUT2D eigenvalue weighted by Gasteiger charge is 2.11. The van der Waals surface area contributed by atoms with Gasteiger partial charge in [-0.05, 0) is 32.0 Å². The van der Waals surface area contributed by atoms with Crippen LogP contribution < -0.4 is 11.1 Å². The number of benzene rings is 1. The Labute approximate surface area is 104 Å². The van der Waals surface area contributed by atoms with Crippen molar-refractivity contribution in [3.05, 3.63) is 29.6 Å². The van der Waals surface area contributed by atoms with Crippen molar-refractivity contribution in [2.24, 2.45) is 0 Å². The third-order valence-corrected chi connectivity index (χ3v) is 2.56. The fourth-order valence-electron chi connectivity index (χ4n) is 1.62. The molecule has 0 aliphatic carbocycles. The average molecular weight is 246 g/mol. The van der Waals surface area contributed by atoms with Crippen LogP contribution in [0.15, 0.2) is 18.2 Å². The summed E-state index contributed by atoms with van der Waals surface area (Å²) in [5.41, 5.74) is 7.48. The number of Topliss-reactive ketones (excluding diaryl/α,β-unsaturated/α-hetero) is 1. The molecule has 0 radical (unpaired) electrons. The fraction of sp³-hybridized carbons (Fsp3) is 0.273. The van der Waals surface area contributed by atoms with Gasteiger partial charge in [-0.1, -0.05) is 5.21 Å². The Hall–Kier alpha value is -2.44. The van der Waals surface area contributed by atoms with Gasteiger partial charge in [0.05, 0.1) is 6.04 Å². The zero-order chi connectivity index (χ0) is 13.1. The van der Waals surface area contributed by atoms with Crippen molar-refractivity contribution in [2.45, 2.75) is 19.9 Å². The van der Waals surface area contributed by atoms with Gasteiger partial charge >= 0.3 is 0 Å². The number of nitrogen functional groups attached to an aromatic ring is 1. The monoisotopic (exact) mass is 246 g/mol. The molecule has 0 aliphatic heterocycles. The summed E-state index contributed by atoms with van der Waals surface area (Å²) in [6.07, 6.45) is 0. The van der Waals surface area contributed by atoms with Crippen LogP contribution in [-0.2, 0) is 0 Å². The van der Waals surface area contributed by atoms with Crippen LogP contribution in [0.3, 0.4) is 0 Å². The molecule has 18 heavy (non-hydrogen) atoms. The molecule has 2 rings (SSSR count). The summed E-state index contributed by atoms with van der Waals surface area (Å²) in [6.45, 7) is 3.38. The summed E-state index contributed by atoms with van der Waals surface area (Å²) in [6, 6.07) is 5.10. The minimum Gasteiger partial charge on any atom is -0.398 e. The number of nitrogens with one attached hydrogen (secondary N) is 2. The molecule has 1 atom stereocenters. The first-order chi connectivity index (χ1) is 8.58. The third-order valence-electron chi connectivity index (χ3n) is 2.56. The van der Waals surface area contributed by atoms with Crippen molar-refractivity contribution in [3.63, 3.8) is 0 Å². The van der Waals surface area contributed by atoms with E-state index in [1.165, 1.54) is 6.92 Å². The Balaban J connectivity index is 2.20. The number of hydrogen-bond donors (Lipinski definition) is 3. The second-order valence-electron chi connectivity index (χ2n) is 3.99. The molecule has 4 N–H and O–H groups in total. The lowest BCUT2D eigenvalue weighted by Crippen LogP contribution is -2.09. The summed E-state index contributed by atoms with van der Waals surface area (Å²) in [4.78, 5) is 11.4. The Morgan fingerprint density at radius 3 is 2.89 bits per heavy atom. The number of rotatable bonds is 4. The molecular weight excluding hydrogens is 232 g/mol. The summed E-state index contributed by atoms with van der Waals surface area (Å²) in [5.74, 6) is 0.486. The first-order valence-electron chi connectivity index (χ1n) is 5.48. The average Bonchev–Trinajstić information content (AvgIpc) is 2.85. The molecule has 1 heterocycles. The van der Waals surface area contributed by atoms with E-state index >= 15 is 0 Å². The van der Waals surface area contributed by atoms with Gasteiger partial charge in [0.1, 0.15) is 0 Å². The summed E-state index contributed by atoms with van der Waals surface area (Å²) < 4.78 is 0.